The number of amides is 1. The molecule has 1 aromatic rings. The van der Waals surface area contributed by atoms with Gasteiger partial charge in [0.15, 0.2) is 6.10 Å². The van der Waals surface area contributed by atoms with E-state index >= 15 is 0 Å². The largest absolute Gasteiger partial charge is 0.508 e. The molecule has 0 saturated carbocycles. The number of hydrogen-bond acceptors (Lipinski definition) is 4. The predicted octanol–water partition coefficient (Wildman–Crippen LogP) is 0.209. The number of anilines is 1. The molecule has 0 bridgehead atoms. The Morgan fingerprint density at radius 2 is 2.00 bits per heavy atom. The molecular formula is C11H11NO5. The van der Waals surface area contributed by atoms with Crippen molar-refractivity contribution in [2.75, 3.05) is 18.1 Å². The number of hydrogen-bond donors (Lipinski definition) is 2. The lowest BCUT2D eigenvalue weighted by molar-refractivity contribution is -0.154. The summed E-state index contributed by atoms with van der Waals surface area (Å²) < 4.78 is 4.89. The second kappa shape index (κ2) is 4.42. The van der Waals surface area contributed by atoms with Crippen LogP contribution in [0.5, 0.6) is 5.75 Å². The van der Waals surface area contributed by atoms with Crippen LogP contribution in [0.3, 0.4) is 0 Å². The number of phenolic OH excluding ortho intramolecular Hbond substituents is 1. The molecule has 0 radical (unpaired) electrons. The lowest BCUT2D eigenvalue weighted by Crippen LogP contribution is -2.49. The summed E-state index contributed by atoms with van der Waals surface area (Å²) in [5, 5.41) is 18.0. The topological polar surface area (TPSA) is 87.1 Å². The maximum atomic E-state index is 11.6. The second-order valence-corrected chi connectivity index (χ2v) is 3.66. The van der Waals surface area contributed by atoms with Gasteiger partial charge in [-0.05, 0) is 24.3 Å². The van der Waals surface area contributed by atoms with E-state index in [-0.39, 0.29) is 24.8 Å². The average Bonchev–Trinajstić information content (AvgIpc) is 2.31. The van der Waals surface area contributed by atoms with E-state index in [1.54, 1.807) is 12.1 Å². The minimum atomic E-state index is -1.10. The van der Waals surface area contributed by atoms with Gasteiger partial charge in [-0.1, -0.05) is 0 Å². The van der Waals surface area contributed by atoms with Gasteiger partial charge in [0.05, 0.1) is 6.54 Å². The number of aromatic hydroxyl groups is 1. The van der Waals surface area contributed by atoms with E-state index in [0.29, 0.717) is 5.69 Å². The lowest BCUT2D eigenvalue weighted by Gasteiger charge is -2.30. The van der Waals surface area contributed by atoms with Gasteiger partial charge in [0, 0.05) is 5.69 Å². The number of phenols is 1. The second-order valence-electron chi connectivity index (χ2n) is 3.66. The number of morpholine rings is 1. The van der Waals surface area contributed by atoms with Crippen molar-refractivity contribution in [2.24, 2.45) is 0 Å². The highest BCUT2D eigenvalue weighted by Crippen LogP contribution is 2.21. The molecule has 2 N–H and O–H groups in total. The fourth-order valence-electron chi connectivity index (χ4n) is 1.60. The highest BCUT2D eigenvalue weighted by molar-refractivity contribution is 5.96. The number of benzene rings is 1. The Morgan fingerprint density at radius 1 is 1.35 bits per heavy atom. The van der Waals surface area contributed by atoms with E-state index in [1.807, 2.05) is 0 Å². The maximum absolute atomic E-state index is 11.6. The summed E-state index contributed by atoms with van der Waals surface area (Å²) in [5.74, 6) is -1.31. The highest BCUT2D eigenvalue weighted by Gasteiger charge is 2.31. The molecule has 1 fully saturated rings. The van der Waals surface area contributed by atoms with Crippen LogP contribution in [0.25, 0.3) is 0 Å². The van der Waals surface area contributed by atoms with E-state index in [0.717, 1.165) is 0 Å². The van der Waals surface area contributed by atoms with Gasteiger partial charge in [-0.3, -0.25) is 4.79 Å². The van der Waals surface area contributed by atoms with E-state index in [1.165, 1.54) is 17.0 Å². The smallest absolute Gasteiger partial charge is 0.334 e. The molecule has 90 valence electrons. The lowest BCUT2D eigenvalue weighted by atomic mass is 10.2. The molecule has 6 heteroatoms. The molecule has 17 heavy (non-hydrogen) atoms. The molecule has 1 aliphatic heterocycles. The summed E-state index contributed by atoms with van der Waals surface area (Å²) >= 11 is 0. The van der Waals surface area contributed by atoms with Crippen LogP contribution in [0, 0.1) is 0 Å². The molecule has 2 rings (SSSR count). The minimum Gasteiger partial charge on any atom is -0.508 e. The third kappa shape index (κ3) is 2.36. The zero-order valence-electron chi connectivity index (χ0n) is 8.87. The summed E-state index contributed by atoms with van der Waals surface area (Å²) in [6, 6.07) is 5.98. The van der Waals surface area contributed by atoms with Crippen molar-refractivity contribution < 1.29 is 24.5 Å². The first-order valence-corrected chi connectivity index (χ1v) is 5.02. The summed E-state index contributed by atoms with van der Waals surface area (Å²) in [4.78, 5) is 23.7. The summed E-state index contributed by atoms with van der Waals surface area (Å²) in [6.07, 6.45) is -1.01. The highest BCUT2D eigenvalue weighted by atomic mass is 16.5. The van der Waals surface area contributed by atoms with Crippen molar-refractivity contribution in [1.29, 1.82) is 0 Å². The molecule has 1 heterocycles. The van der Waals surface area contributed by atoms with Gasteiger partial charge in [-0.15, -0.1) is 0 Å². The number of aliphatic carboxylic acids is 1. The zero-order chi connectivity index (χ0) is 12.4. The Morgan fingerprint density at radius 3 is 2.59 bits per heavy atom. The molecule has 0 aliphatic carbocycles. The van der Waals surface area contributed by atoms with Crippen molar-refractivity contribution in [3.05, 3.63) is 24.3 Å². The van der Waals surface area contributed by atoms with Crippen LogP contribution in [-0.2, 0) is 14.3 Å². The molecule has 1 saturated heterocycles. The monoisotopic (exact) mass is 237 g/mol. The molecule has 6 nitrogen and oxygen atoms in total. The normalized spacial score (nSPS) is 20.4. The number of carbonyl (C=O) groups excluding carboxylic acids is 1. The van der Waals surface area contributed by atoms with Gasteiger partial charge in [-0.25, -0.2) is 4.79 Å². The SMILES string of the molecule is O=C(O)C1CN(c2ccc(O)cc2)C(=O)CO1. The van der Waals surface area contributed by atoms with Crippen LogP contribution in [-0.4, -0.2) is 41.3 Å². The number of rotatable bonds is 2. The fourth-order valence-corrected chi connectivity index (χ4v) is 1.60. The van der Waals surface area contributed by atoms with Gasteiger partial charge in [0.25, 0.3) is 5.91 Å². The van der Waals surface area contributed by atoms with Crippen molar-refractivity contribution in [3.63, 3.8) is 0 Å². The number of nitrogens with zero attached hydrogens (tertiary/aromatic N) is 1. The van der Waals surface area contributed by atoms with Crippen LogP contribution in [0.4, 0.5) is 5.69 Å². The zero-order valence-corrected chi connectivity index (χ0v) is 8.87. The summed E-state index contributed by atoms with van der Waals surface area (Å²) in [7, 11) is 0. The number of ether oxygens (including phenoxy) is 1. The van der Waals surface area contributed by atoms with Gasteiger partial charge in [0.1, 0.15) is 12.4 Å². The van der Waals surface area contributed by atoms with Crippen LogP contribution >= 0.6 is 0 Å². The van der Waals surface area contributed by atoms with Gasteiger partial charge >= 0.3 is 5.97 Å². The van der Waals surface area contributed by atoms with Crippen LogP contribution in [0.1, 0.15) is 0 Å². The van der Waals surface area contributed by atoms with Gasteiger partial charge < -0.3 is 19.8 Å². The quantitative estimate of drug-likeness (QED) is 0.767. The molecule has 0 aromatic heterocycles. The Bertz CT molecular complexity index is 442. The van der Waals surface area contributed by atoms with E-state index in [4.69, 9.17) is 14.9 Å². The Labute approximate surface area is 97.0 Å². The Balaban J connectivity index is 2.20. The van der Waals surface area contributed by atoms with Crippen LogP contribution < -0.4 is 4.90 Å². The molecule has 0 spiro atoms. The van der Waals surface area contributed by atoms with Crippen LogP contribution in [0.15, 0.2) is 24.3 Å². The summed E-state index contributed by atoms with van der Waals surface area (Å²) in [5.41, 5.74) is 0.544. The number of carbonyl (C=O) groups is 2. The average molecular weight is 237 g/mol. The molecule has 1 atom stereocenters. The number of carboxylic acids is 1. The third-order valence-corrected chi connectivity index (χ3v) is 2.49. The molecule has 1 aromatic carbocycles. The minimum absolute atomic E-state index is 0.0288. The first-order chi connectivity index (χ1) is 8.08. The number of carboxylic acid groups (broad SMARTS) is 1. The van der Waals surface area contributed by atoms with E-state index < -0.39 is 12.1 Å². The van der Waals surface area contributed by atoms with Gasteiger partial charge in [-0.2, -0.15) is 0 Å². The van der Waals surface area contributed by atoms with Crippen molar-refractivity contribution in [2.45, 2.75) is 6.10 Å². The third-order valence-electron chi connectivity index (χ3n) is 2.49. The van der Waals surface area contributed by atoms with E-state index in [2.05, 4.69) is 0 Å². The van der Waals surface area contributed by atoms with Crippen molar-refractivity contribution in [3.8, 4) is 5.75 Å². The maximum Gasteiger partial charge on any atom is 0.334 e. The molecule has 1 aliphatic rings. The summed E-state index contributed by atoms with van der Waals surface area (Å²) in [6.45, 7) is -0.281. The van der Waals surface area contributed by atoms with Crippen molar-refractivity contribution >= 4 is 17.6 Å². The Hall–Kier alpha value is -2.08. The standard InChI is InChI=1S/C11H11NO5/c13-8-3-1-7(2-4-8)12-5-9(11(15)16)17-6-10(12)14/h1-4,9,13H,5-6H2,(H,15,16). The van der Waals surface area contributed by atoms with Crippen molar-refractivity contribution in [1.82, 2.24) is 0 Å². The fraction of sp³-hybridized carbons (Fsp3) is 0.273. The van der Waals surface area contributed by atoms with E-state index in [9.17, 15) is 9.59 Å². The molecule has 1 unspecified atom stereocenters. The van der Waals surface area contributed by atoms with Gasteiger partial charge in [0.2, 0.25) is 0 Å². The molecule has 1 amide bonds. The predicted molar refractivity (Wildman–Crippen MR) is 57.8 cm³/mol. The first-order valence-electron chi connectivity index (χ1n) is 5.02. The first kappa shape index (κ1) is 11.4. The molecular weight excluding hydrogens is 226 g/mol. The van der Waals surface area contributed by atoms with Crippen LogP contribution in [0.2, 0.25) is 0 Å². The Kier molecular flexibility index (Phi) is 2.97.